The highest BCUT2D eigenvalue weighted by Gasteiger charge is 2.14. The van der Waals surface area contributed by atoms with E-state index >= 15 is 0 Å². The van der Waals surface area contributed by atoms with E-state index < -0.39 is 0 Å². The number of nitrogens with zero attached hydrogens (tertiary/aromatic N) is 2. The van der Waals surface area contributed by atoms with Crippen molar-refractivity contribution < 1.29 is 9.53 Å². The molecule has 1 aromatic carbocycles. The smallest absolute Gasteiger partial charge is 0.255 e. The number of carbonyl (C=O) groups excluding carboxylic acids is 1. The molecule has 0 saturated carbocycles. The van der Waals surface area contributed by atoms with Gasteiger partial charge in [-0.05, 0) is 43.0 Å². The van der Waals surface area contributed by atoms with Gasteiger partial charge in [-0.15, -0.1) is 0 Å². The molecule has 0 aliphatic heterocycles. The van der Waals surface area contributed by atoms with Gasteiger partial charge in [0.25, 0.3) is 5.91 Å². The maximum Gasteiger partial charge on any atom is 0.255 e. The molecular weight excluding hydrogens is 326 g/mol. The predicted molar refractivity (Wildman–Crippen MR) is 106 cm³/mol. The molecular formula is C21H29N3O2. The van der Waals surface area contributed by atoms with Crippen LogP contribution in [0.5, 0.6) is 5.75 Å². The molecule has 0 spiro atoms. The lowest BCUT2D eigenvalue weighted by molar-refractivity contribution is 0.0755. The van der Waals surface area contributed by atoms with E-state index in [0.717, 1.165) is 50.3 Å². The zero-order chi connectivity index (χ0) is 18.8. The van der Waals surface area contributed by atoms with E-state index in [1.807, 2.05) is 23.1 Å². The first-order chi connectivity index (χ1) is 12.7. The maximum absolute atomic E-state index is 12.7. The molecule has 140 valence electrons. The Bertz CT molecular complexity index is 680. The predicted octanol–water partition coefficient (Wildman–Crippen LogP) is 4.01. The number of amides is 1. The summed E-state index contributed by atoms with van der Waals surface area (Å²) in [5.41, 5.74) is 2.74. The van der Waals surface area contributed by atoms with Crippen LogP contribution in [-0.4, -0.2) is 42.5 Å². The summed E-state index contributed by atoms with van der Waals surface area (Å²) in [7, 11) is 1.67. The van der Waals surface area contributed by atoms with E-state index in [-0.39, 0.29) is 5.91 Å². The van der Waals surface area contributed by atoms with Crippen molar-refractivity contribution in [1.29, 1.82) is 0 Å². The molecule has 0 aliphatic rings. The number of pyridine rings is 1. The average Bonchev–Trinajstić information content (AvgIpc) is 2.68. The number of ether oxygens (including phenoxy) is 1. The highest BCUT2D eigenvalue weighted by molar-refractivity contribution is 5.94. The van der Waals surface area contributed by atoms with E-state index in [0.29, 0.717) is 5.56 Å². The summed E-state index contributed by atoms with van der Waals surface area (Å²) in [6, 6.07) is 9.94. The van der Waals surface area contributed by atoms with Crippen LogP contribution in [0.4, 0.5) is 5.69 Å². The quantitative estimate of drug-likeness (QED) is 0.700. The number of carbonyl (C=O) groups is 1. The topological polar surface area (TPSA) is 54.5 Å². The normalized spacial score (nSPS) is 10.4. The van der Waals surface area contributed by atoms with Crippen LogP contribution in [0.3, 0.4) is 0 Å². The third-order valence-electron chi connectivity index (χ3n) is 4.16. The Hall–Kier alpha value is -2.56. The molecule has 5 nitrogen and oxygen atoms in total. The fourth-order valence-corrected chi connectivity index (χ4v) is 2.83. The fraction of sp³-hybridized carbons (Fsp3) is 0.429. The third kappa shape index (κ3) is 5.76. The van der Waals surface area contributed by atoms with Gasteiger partial charge in [0.15, 0.2) is 0 Å². The molecule has 1 aromatic heterocycles. The van der Waals surface area contributed by atoms with E-state index in [9.17, 15) is 4.79 Å². The Morgan fingerprint density at radius 2 is 1.81 bits per heavy atom. The van der Waals surface area contributed by atoms with Gasteiger partial charge in [-0.1, -0.05) is 26.0 Å². The number of anilines is 1. The Morgan fingerprint density at radius 1 is 1.12 bits per heavy atom. The van der Waals surface area contributed by atoms with E-state index in [1.165, 1.54) is 5.56 Å². The van der Waals surface area contributed by atoms with Gasteiger partial charge in [-0.2, -0.15) is 0 Å². The molecule has 1 amide bonds. The van der Waals surface area contributed by atoms with Crippen LogP contribution in [-0.2, 0) is 6.42 Å². The zero-order valence-corrected chi connectivity index (χ0v) is 16.0. The van der Waals surface area contributed by atoms with Gasteiger partial charge < -0.3 is 15.0 Å². The first kappa shape index (κ1) is 19.8. The fourth-order valence-electron chi connectivity index (χ4n) is 2.83. The van der Waals surface area contributed by atoms with Crippen LogP contribution in [0.15, 0.2) is 42.7 Å². The van der Waals surface area contributed by atoms with E-state index in [4.69, 9.17) is 4.74 Å². The Morgan fingerprint density at radius 3 is 2.42 bits per heavy atom. The molecule has 1 N–H and O–H groups in total. The second kappa shape index (κ2) is 10.4. The number of hydrogen-bond donors (Lipinski definition) is 1. The summed E-state index contributed by atoms with van der Waals surface area (Å²) < 4.78 is 5.17. The lowest BCUT2D eigenvalue weighted by atomic mass is 10.1. The SMILES string of the molecule is CCCN(CCC)C(=O)c1cncc(NCCc2ccc(OC)cc2)c1. The second-order valence-electron chi connectivity index (χ2n) is 6.28. The van der Waals surface area contributed by atoms with Crippen molar-refractivity contribution in [3.05, 3.63) is 53.9 Å². The Kier molecular flexibility index (Phi) is 7.93. The van der Waals surface area contributed by atoms with Crippen LogP contribution in [0.1, 0.15) is 42.6 Å². The van der Waals surface area contributed by atoms with Crippen LogP contribution in [0.2, 0.25) is 0 Å². The summed E-state index contributed by atoms with van der Waals surface area (Å²) in [6.07, 6.45) is 6.21. The van der Waals surface area contributed by atoms with Crippen molar-refractivity contribution in [2.24, 2.45) is 0 Å². The van der Waals surface area contributed by atoms with Gasteiger partial charge in [0.05, 0.1) is 18.4 Å². The number of hydrogen-bond acceptors (Lipinski definition) is 4. The number of rotatable bonds is 10. The second-order valence-corrected chi connectivity index (χ2v) is 6.28. The molecule has 0 aliphatic carbocycles. The van der Waals surface area contributed by atoms with Crippen LogP contribution in [0, 0.1) is 0 Å². The molecule has 0 radical (unpaired) electrons. The molecule has 5 heteroatoms. The van der Waals surface area contributed by atoms with Gasteiger partial charge in [0, 0.05) is 32.0 Å². The number of aromatic nitrogens is 1. The molecule has 2 aromatic rings. The molecule has 1 heterocycles. The molecule has 0 unspecified atom stereocenters. The number of methoxy groups -OCH3 is 1. The Labute approximate surface area is 156 Å². The monoisotopic (exact) mass is 355 g/mol. The van der Waals surface area contributed by atoms with Crippen molar-refractivity contribution in [3.63, 3.8) is 0 Å². The maximum atomic E-state index is 12.7. The average molecular weight is 355 g/mol. The number of benzene rings is 1. The molecule has 0 fully saturated rings. The minimum absolute atomic E-state index is 0.0556. The zero-order valence-electron chi connectivity index (χ0n) is 16.0. The first-order valence-corrected chi connectivity index (χ1v) is 9.29. The highest BCUT2D eigenvalue weighted by Crippen LogP contribution is 2.14. The largest absolute Gasteiger partial charge is 0.497 e. The summed E-state index contributed by atoms with van der Waals surface area (Å²) in [6.45, 7) is 6.51. The van der Waals surface area contributed by atoms with Crippen molar-refractivity contribution >= 4 is 11.6 Å². The molecule has 0 saturated heterocycles. The lowest BCUT2D eigenvalue weighted by Crippen LogP contribution is -2.32. The van der Waals surface area contributed by atoms with Crippen molar-refractivity contribution in [1.82, 2.24) is 9.88 Å². The summed E-state index contributed by atoms with van der Waals surface area (Å²) in [4.78, 5) is 18.8. The molecule has 0 bridgehead atoms. The molecule has 0 atom stereocenters. The summed E-state index contributed by atoms with van der Waals surface area (Å²) >= 11 is 0. The van der Waals surface area contributed by atoms with Crippen molar-refractivity contribution in [3.8, 4) is 5.75 Å². The molecule has 2 rings (SSSR count). The van der Waals surface area contributed by atoms with Crippen LogP contribution in [0.25, 0.3) is 0 Å². The van der Waals surface area contributed by atoms with E-state index in [1.54, 1.807) is 19.5 Å². The van der Waals surface area contributed by atoms with Gasteiger partial charge in [-0.3, -0.25) is 9.78 Å². The van der Waals surface area contributed by atoms with Gasteiger partial charge >= 0.3 is 0 Å². The third-order valence-corrected chi connectivity index (χ3v) is 4.16. The van der Waals surface area contributed by atoms with Crippen LogP contribution < -0.4 is 10.1 Å². The van der Waals surface area contributed by atoms with Crippen LogP contribution >= 0.6 is 0 Å². The van der Waals surface area contributed by atoms with Crippen molar-refractivity contribution in [2.45, 2.75) is 33.1 Å². The van der Waals surface area contributed by atoms with Gasteiger partial charge in [0.2, 0.25) is 0 Å². The minimum Gasteiger partial charge on any atom is -0.497 e. The number of nitrogens with one attached hydrogen (secondary N) is 1. The lowest BCUT2D eigenvalue weighted by Gasteiger charge is -2.21. The highest BCUT2D eigenvalue weighted by atomic mass is 16.5. The standard InChI is InChI=1S/C21H29N3O2/c1-4-12-24(13-5-2)21(25)18-14-19(16-22-15-18)23-11-10-17-6-8-20(26-3)9-7-17/h6-9,14-16,23H,4-5,10-13H2,1-3H3. The summed E-state index contributed by atoms with van der Waals surface area (Å²) in [5, 5.41) is 3.36. The van der Waals surface area contributed by atoms with E-state index in [2.05, 4.69) is 36.3 Å². The molecule has 26 heavy (non-hydrogen) atoms. The first-order valence-electron chi connectivity index (χ1n) is 9.29. The van der Waals surface area contributed by atoms with Crippen molar-refractivity contribution in [2.75, 3.05) is 32.1 Å². The minimum atomic E-state index is 0.0556. The Balaban J connectivity index is 1.94. The van der Waals surface area contributed by atoms with Gasteiger partial charge in [0.1, 0.15) is 5.75 Å². The van der Waals surface area contributed by atoms with Gasteiger partial charge in [-0.25, -0.2) is 0 Å². The summed E-state index contributed by atoms with van der Waals surface area (Å²) in [5.74, 6) is 0.917.